The van der Waals surface area contributed by atoms with Gasteiger partial charge in [0.05, 0.1) is 0 Å². The molecular weight excluding hydrogens is 280 g/mol. The van der Waals surface area contributed by atoms with Crippen LogP contribution in [0.15, 0.2) is 42.7 Å². The molecule has 3 N–H and O–H groups in total. The molecule has 2 aromatic rings. The van der Waals surface area contributed by atoms with E-state index in [0.717, 1.165) is 12.1 Å². The second kappa shape index (κ2) is 6.08. The van der Waals surface area contributed by atoms with E-state index in [1.54, 1.807) is 12.3 Å². The van der Waals surface area contributed by atoms with E-state index < -0.39 is 23.4 Å². The highest BCUT2D eigenvalue weighted by Crippen LogP contribution is 2.12. The summed E-state index contributed by atoms with van der Waals surface area (Å²) >= 11 is 0. The van der Waals surface area contributed by atoms with Crippen molar-refractivity contribution in [2.45, 2.75) is 6.54 Å². The molecular formula is C14H12F2N3O2+. The third-order valence-electron chi connectivity index (χ3n) is 2.67. The lowest BCUT2D eigenvalue weighted by molar-refractivity contribution is -0.684. The van der Waals surface area contributed by atoms with Gasteiger partial charge < -0.3 is 11.1 Å². The molecule has 0 spiro atoms. The Morgan fingerprint density at radius 3 is 2.62 bits per heavy atom. The van der Waals surface area contributed by atoms with Crippen LogP contribution in [0.3, 0.4) is 0 Å². The predicted octanol–water partition coefficient (Wildman–Crippen LogP) is 0.990. The van der Waals surface area contributed by atoms with Crippen molar-refractivity contribution in [3.05, 3.63) is 59.9 Å². The Kier molecular flexibility index (Phi) is 4.22. The van der Waals surface area contributed by atoms with Gasteiger partial charge in [-0.15, -0.1) is 0 Å². The summed E-state index contributed by atoms with van der Waals surface area (Å²) < 4.78 is 27.2. The van der Waals surface area contributed by atoms with Crippen molar-refractivity contribution < 1.29 is 22.9 Å². The molecule has 108 valence electrons. The molecule has 0 radical (unpaired) electrons. The first-order valence-corrected chi connectivity index (χ1v) is 5.99. The van der Waals surface area contributed by atoms with Crippen LogP contribution in [0.5, 0.6) is 0 Å². The van der Waals surface area contributed by atoms with Crippen LogP contribution in [-0.2, 0) is 11.3 Å². The minimum Gasteiger partial charge on any atom is -0.365 e. The first-order chi connectivity index (χ1) is 9.95. The third-order valence-corrected chi connectivity index (χ3v) is 2.67. The Hall–Kier alpha value is -2.83. The van der Waals surface area contributed by atoms with Crippen molar-refractivity contribution in [3.8, 4) is 0 Å². The van der Waals surface area contributed by atoms with E-state index in [1.165, 1.54) is 22.9 Å². The van der Waals surface area contributed by atoms with E-state index in [0.29, 0.717) is 0 Å². The highest BCUT2D eigenvalue weighted by Gasteiger charge is 2.13. The first-order valence-electron chi connectivity index (χ1n) is 5.99. The fraction of sp³-hybridized carbons (Fsp3) is 0.0714. The Balaban J connectivity index is 2.06. The van der Waals surface area contributed by atoms with Crippen LogP contribution in [0.4, 0.5) is 14.5 Å². The lowest BCUT2D eigenvalue weighted by Crippen LogP contribution is -2.40. The zero-order valence-corrected chi connectivity index (χ0v) is 10.8. The zero-order valence-electron chi connectivity index (χ0n) is 10.8. The Morgan fingerprint density at radius 1 is 1.19 bits per heavy atom. The third kappa shape index (κ3) is 3.82. The zero-order chi connectivity index (χ0) is 15.4. The predicted molar refractivity (Wildman–Crippen MR) is 70.1 cm³/mol. The largest absolute Gasteiger partial charge is 0.365 e. The van der Waals surface area contributed by atoms with Gasteiger partial charge in [0.25, 0.3) is 11.8 Å². The molecule has 2 rings (SSSR count). The second-order valence-electron chi connectivity index (χ2n) is 4.31. The van der Waals surface area contributed by atoms with Gasteiger partial charge in [-0.25, -0.2) is 8.78 Å². The van der Waals surface area contributed by atoms with Crippen LogP contribution in [-0.4, -0.2) is 11.8 Å². The highest BCUT2D eigenvalue weighted by atomic mass is 19.2. The van der Waals surface area contributed by atoms with E-state index in [4.69, 9.17) is 5.73 Å². The van der Waals surface area contributed by atoms with E-state index in [1.807, 2.05) is 0 Å². The SMILES string of the molecule is NC(=O)c1ccc[n+](CC(=O)Nc2ccc(F)c(F)c2)c1. The Bertz CT molecular complexity index is 704. The Labute approximate surface area is 119 Å². The number of aromatic nitrogens is 1. The summed E-state index contributed by atoms with van der Waals surface area (Å²) in [5.74, 6) is -3.09. The van der Waals surface area contributed by atoms with Crippen LogP contribution in [0.2, 0.25) is 0 Å². The van der Waals surface area contributed by atoms with E-state index in [9.17, 15) is 18.4 Å². The number of carbonyl (C=O) groups excluding carboxylic acids is 2. The standard InChI is InChI=1S/C14H11F2N3O2/c15-11-4-3-10(6-12(11)16)18-13(20)8-19-5-1-2-9(7-19)14(17)21/h1-7H,8H2,(H2-,17,18,20,21)/p+1. The van der Waals surface area contributed by atoms with Gasteiger partial charge in [0.1, 0.15) is 5.56 Å². The minimum atomic E-state index is -1.05. The van der Waals surface area contributed by atoms with Crippen LogP contribution >= 0.6 is 0 Å². The van der Waals surface area contributed by atoms with Gasteiger partial charge in [0, 0.05) is 17.8 Å². The molecule has 0 saturated carbocycles. The van der Waals surface area contributed by atoms with Gasteiger partial charge >= 0.3 is 0 Å². The van der Waals surface area contributed by atoms with E-state index in [2.05, 4.69) is 5.32 Å². The summed E-state index contributed by atoms with van der Waals surface area (Å²) in [7, 11) is 0. The summed E-state index contributed by atoms with van der Waals surface area (Å²) in [5, 5.41) is 2.42. The number of amides is 2. The van der Waals surface area contributed by atoms with E-state index >= 15 is 0 Å². The van der Waals surface area contributed by atoms with E-state index in [-0.39, 0.29) is 17.8 Å². The number of hydrogen-bond acceptors (Lipinski definition) is 2. The molecule has 21 heavy (non-hydrogen) atoms. The number of pyridine rings is 1. The van der Waals surface area contributed by atoms with Crippen molar-refractivity contribution in [3.63, 3.8) is 0 Å². The lowest BCUT2D eigenvalue weighted by Gasteiger charge is -2.04. The fourth-order valence-corrected chi connectivity index (χ4v) is 1.71. The number of nitrogens with zero attached hydrogens (tertiary/aromatic N) is 1. The number of halogens is 2. The van der Waals surface area contributed by atoms with Gasteiger partial charge in [0.2, 0.25) is 6.54 Å². The van der Waals surface area contributed by atoms with Gasteiger partial charge in [-0.3, -0.25) is 9.59 Å². The molecule has 1 heterocycles. The highest BCUT2D eigenvalue weighted by molar-refractivity contribution is 5.92. The van der Waals surface area contributed by atoms with Crippen molar-refractivity contribution in [1.82, 2.24) is 0 Å². The molecule has 0 aliphatic heterocycles. The number of carbonyl (C=O) groups is 2. The van der Waals surface area contributed by atoms with Gasteiger partial charge in [-0.05, 0) is 18.2 Å². The number of benzene rings is 1. The number of rotatable bonds is 4. The second-order valence-corrected chi connectivity index (χ2v) is 4.31. The minimum absolute atomic E-state index is 0.0971. The average molecular weight is 292 g/mol. The van der Waals surface area contributed by atoms with Gasteiger partial charge in [-0.1, -0.05) is 0 Å². The number of nitrogens with two attached hydrogens (primary N) is 1. The molecule has 7 heteroatoms. The summed E-state index contributed by atoms with van der Waals surface area (Å²) in [6.45, 7) is -0.0971. The maximum absolute atomic E-state index is 13.0. The van der Waals surface area contributed by atoms with Crippen LogP contribution in [0, 0.1) is 11.6 Å². The van der Waals surface area contributed by atoms with Crippen molar-refractivity contribution in [1.29, 1.82) is 0 Å². The monoisotopic (exact) mass is 292 g/mol. The van der Waals surface area contributed by atoms with Gasteiger partial charge in [-0.2, -0.15) is 4.57 Å². The average Bonchev–Trinajstić information content (AvgIpc) is 2.43. The topological polar surface area (TPSA) is 76.1 Å². The molecule has 0 atom stereocenters. The smallest absolute Gasteiger partial charge is 0.290 e. The van der Waals surface area contributed by atoms with Crippen LogP contribution < -0.4 is 15.6 Å². The summed E-state index contributed by atoms with van der Waals surface area (Å²) in [6, 6.07) is 6.15. The van der Waals surface area contributed by atoms with Crippen LogP contribution in [0.25, 0.3) is 0 Å². The quantitative estimate of drug-likeness (QED) is 0.825. The fourth-order valence-electron chi connectivity index (χ4n) is 1.71. The molecule has 1 aromatic heterocycles. The lowest BCUT2D eigenvalue weighted by atomic mass is 10.2. The summed E-state index contributed by atoms with van der Waals surface area (Å²) in [4.78, 5) is 22.8. The number of primary amides is 1. The number of hydrogen-bond donors (Lipinski definition) is 2. The number of anilines is 1. The molecule has 0 saturated heterocycles. The maximum Gasteiger partial charge on any atom is 0.290 e. The molecule has 1 aromatic carbocycles. The summed E-state index contributed by atoms with van der Waals surface area (Å²) in [5.41, 5.74) is 5.54. The first kappa shape index (κ1) is 14.6. The van der Waals surface area contributed by atoms with Crippen molar-refractivity contribution >= 4 is 17.5 Å². The molecule has 0 aliphatic carbocycles. The molecule has 0 unspecified atom stereocenters. The Morgan fingerprint density at radius 2 is 1.95 bits per heavy atom. The van der Waals surface area contributed by atoms with Crippen molar-refractivity contribution in [2.75, 3.05) is 5.32 Å². The molecule has 0 aliphatic rings. The molecule has 0 fully saturated rings. The summed E-state index contributed by atoms with van der Waals surface area (Å²) in [6.07, 6.45) is 3.00. The van der Waals surface area contributed by atoms with Crippen LogP contribution in [0.1, 0.15) is 10.4 Å². The molecule has 5 nitrogen and oxygen atoms in total. The van der Waals surface area contributed by atoms with Gasteiger partial charge in [0.15, 0.2) is 24.0 Å². The molecule has 2 amide bonds. The number of nitrogens with one attached hydrogen (secondary N) is 1. The normalized spacial score (nSPS) is 10.2. The van der Waals surface area contributed by atoms with Crippen molar-refractivity contribution in [2.24, 2.45) is 5.73 Å². The maximum atomic E-state index is 13.0. The molecule has 0 bridgehead atoms.